The highest BCUT2D eigenvalue weighted by molar-refractivity contribution is 6.64. The molecule has 3 heteroatoms. The number of rotatable bonds is 6. The van der Waals surface area contributed by atoms with Crippen molar-refractivity contribution in [2.45, 2.75) is 13.1 Å². The van der Waals surface area contributed by atoms with E-state index in [1.165, 1.54) is 0 Å². The minimum absolute atomic E-state index is 0.566. The van der Waals surface area contributed by atoms with Crippen LogP contribution < -0.4 is 0 Å². The molecule has 0 N–H and O–H groups in total. The van der Waals surface area contributed by atoms with E-state index in [2.05, 4.69) is 13.2 Å². The van der Waals surface area contributed by atoms with Gasteiger partial charge in [-0.25, -0.2) is 0 Å². The molecule has 0 rings (SSSR count). The molecule has 0 atom stereocenters. The molecule has 0 aromatic rings. The van der Waals surface area contributed by atoms with Crippen LogP contribution >= 0.6 is 0 Å². The molecule has 11 heavy (non-hydrogen) atoms. The van der Waals surface area contributed by atoms with Crippen molar-refractivity contribution in [3.63, 3.8) is 0 Å². The van der Waals surface area contributed by atoms with Gasteiger partial charge in [0, 0.05) is 0 Å². The van der Waals surface area contributed by atoms with Crippen LogP contribution in [0.1, 0.15) is 0 Å². The van der Waals surface area contributed by atoms with Gasteiger partial charge in [-0.2, -0.15) is 0 Å². The van der Waals surface area contributed by atoms with Crippen LogP contribution in [0, 0.1) is 0 Å². The zero-order chi connectivity index (χ0) is 8.74. The van der Waals surface area contributed by atoms with Gasteiger partial charge in [0.05, 0.1) is 13.2 Å². The standard InChI is InChI=1S/C8H16O2Si/c1-5-7-9-11(3,4)10-8-6-2/h5-6H,1-2,7-8H2,3-4H3. The molecular formula is C8H16O2Si. The van der Waals surface area contributed by atoms with E-state index >= 15 is 0 Å². The van der Waals surface area contributed by atoms with Gasteiger partial charge in [0.15, 0.2) is 0 Å². The van der Waals surface area contributed by atoms with Gasteiger partial charge in [0.25, 0.3) is 0 Å². The summed E-state index contributed by atoms with van der Waals surface area (Å²) in [6, 6.07) is 0. The van der Waals surface area contributed by atoms with Crippen LogP contribution in [0.3, 0.4) is 0 Å². The van der Waals surface area contributed by atoms with Gasteiger partial charge < -0.3 is 8.85 Å². The van der Waals surface area contributed by atoms with Gasteiger partial charge in [-0.15, -0.1) is 13.2 Å². The van der Waals surface area contributed by atoms with E-state index in [4.69, 9.17) is 8.85 Å². The molecule has 0 unspecified atom stereocenters. The molecule has 0 spiro atoms. The highest BCUT2D eigenvalue weighted by Gasteiger charge is 2.22. The Morgan fingerprint density at radius 1 is 1.09 bits per heavy atom. The van der Waals surface area contributed by atoms with Gasteiger partial charge in [0.1, 0.15) is 0 Å². The maximum atomic E-state index is 5.43. The van der Waals surface area contributed by atoms with Crippen LogP contribution in [0.15, 0.2) is 25.3 Å². The molecule has 0 radical (unpaired) electrons. The first kappa shape index (κ1) is 10.6. The summed E-state index contributed by atoms with van der Waals surface area (Å²) < 4.78 is 10.9. The fourth-order valence-electron chi connectivity index (χ4n) is 0.561. The van der Waals surface area contributed by atoms with Crippen molar-refractivity contribution >= 4 is 8.56 Å². The van der Waals surface area contributed by atoms with Gasteiger partial charge in [-0.05, 0) is 13.1 Å². The van der Waals surface area contributed by atoms with Crippen molar-refractivity contribution < 1.29 is 8.85 Å². The van der Waals surface area contributed by atoms with E-state index in [0.29, 0.717) is 13.2 Å². The zero-order valence-corrected chi connectivity index (χ0v) is 8.30. The number of hydrogen-bond donors (Lipinski definition) is 0. The lowest BCUT2D eigenvalue weighted by atomic mass is 10.7. The van der Waals surface area contributed by atoms with E-state index < -0.39 is 8.56 Å². The van der Waals surface area contributed by atoms with E-state index in [1.807, 2.05) is 13.1 Å². The molecule has 0 heterocycles. The van der Waals surface area contributed by atoms with Gasteiger partial charge in [-0.3, -0.25) is 0 Å². The van der Waals surface area contributed by atoms with Crippen LogP contribution in [-0.2, 0) is 8.85 Å². The van der Waals surface area contributed by atoms with Crippen molar-refractivity contribution in [2.75, 3.05) is 13.2 Å². The summed E-state index contributed by atoms with van der Waals surface area (Å²) in [5, 5.41) is 0. The predicted molar refractivity (Wildman–Crippen MR) is 49.8 cm³/mol. The second-order valence-corrected chi connectivity index (χ2v) is 5.98. The monoisotopic (exact) mass is 172 g/mol. The topological polar surface area (TPSA) is 18.5 Å². The van der Waals surface area contributed by atoms with E-state index in [9.17, 15) is 0 Å². The maximum Gasteiger partial charge on any atom is 0.332 e. The largest absolute Gasteiger partial charge is 0.391 e. The van der Waals surface area contributed by atoms with E-state index in [0.717, 1.165) is 0 Å². The van der Waals surface area contributed by atoms with Gasteiger partial charge >= 0.3 is 8.56 Å². The molecule has 0 bridgehead atoms. The Bertz CT molecular complexity index is 118. The smallest absolute Gasteiger partial charge is 0.332 e. The third-order valence-electron chi connectivity index (χ3n) is 1.10. The van der Waals surface area contributed by atoms with Crippen molar-refractivity contribution in [2.24, 2.45) is 0 Å². The Morgan fingerprint density at radius 3 is 1.73 bits per heavy atom. The lowest BCUT2D eigenvalue weighted by Crippen LogP contribution is -2.34. The molecule has 0 aliphatic heterocycles. The Morgan fingerprint density at radius 2 is 1.45 bits per heavy atom. The Kier molecular flexibility index (Phi) is 5.11. The molecule has 0 aliphatic rings. The molecule has 0 aromatic heterocycles. The third kappa shape index (κ3) is 6.03. The van der Waals surface area contributed by atoms with E-state index in [1.54, 1.807) is 12.2 Å². The second kappa shape index (κ2) is 5.29. The van der Waals surface area contributed by atoms with Gasteiger partial charge in [-0.1, -0.05) is 12.2 Å². The summed E-state index contributed by atoms with van der Waals surface area (Å²) in [4.78, 5) is 0. The minimum atomic E-state index is -1.89. The molecule has 0 aliphatic carbocycles. The summed E-state index contributed by atoms with van der Waals surface area (Å²) in [5.41, 5.74) is 0. The Balaban J connectivity index is 3.59. The molecule has 0 saturated heterocycles. The van der Waals surface area contributed by atoms with E-state index in [-0.39, 0.29) is 0 Å². The predicted octanol–water partition coefficient (Wildman–Crippen LogP) is 2.09. The molecule has 2 nitrogen and oxygen atoms in total. The van der Waals surface area contributed by atoms with Crippen molar-refractivity contribution in [3.8, 4) is 0 Å². The maximum absolute atomic E-state index is 5.43. The molecule has 64 valence electrons. The molecule has 0 amide bonds. The van der Waals surface area contributed by atoms with Crippen LogP contribution in [-0.4, -0.2) is 21.8 Å². The van der Waals surface area contributed by atoms with Crippen LogP contribution in [0.4, 0.5) is 0 Å². The number of hydrogen-bond acceptors (Lipinski definition) is 2. The lowest BCUT2D eigenvalue weighted by Gasteiger charge is -2.20. The van der Waals surface area contributed by atoms with Crippen LogP contribution in [0.25, 0.3) is 0 Å². The highest BCUT2D eigenvalue weighted by atomic mass is 28.4. The summed E-state index contributed by atoms with van der Waals surface area (Å²) in [6.07, 6.45) is 3.46. The SMILES string of the molecule is C=CCO[Si](C)(C)OCC=C. The first-order valence-corrected chi connectivity index (χ1v) is 6.44. The first-order chi connectivity index (χ1) is 5.12. The fraction of sp³-hybridized carbons (Fsp3) is 0.500. The molecule has 0 saturated carbocycles. The summed E-state index contributed by atoms with van der Waals surface area (Å²) in [6.45, 7) is 12.3. The van der Waals surface area contributed by atoms with Crippen LogP contribution in [0.2, 0.25) is 13.1 Å². The Labute approximate surface area is 69.8 Å². The minimum Gasteiger partial charge on any atom is -0.391 e. The average molecular weight is 172 g/mol. The average Bonchev–Trinajstić information content (AvgIpc) is 1.97. The van der Waals surface area contributed by atoms with Gasteiger partial charge in [0.2, 0.25) is 0 Å². The second-order valence-electron chi connectivity index (χ2n) is 2.60. The molecule has 0 aromatic carbocycles. The lowest BCUT2D eigenvalue weighted by molar-refractivity contribution is 0.214. The van der Waals surface area contributed by atoms with Crippen molar-refractivity contribution in [3.05, 3.63) is 25.3 Å². The highest BCUT2D eigenvalue weighted by Crippen LogP contribution is 2.05. The van der Waals surface area contributed by atoms with Crippen molar-refractivity contribution in [1.29, 1.82) is 0 Å². The quantitative estimate of drug-likeness (QED) is 0.451. The third-order valence-corrected chi connectivity index (χ3v) is 2.82. The van der Waals surface area contributed by atoms with Crippen molar-refractivity contribution in [1.82, 2.24) is 0 Å². The Hall–Kier alpha value is -0.383. The fourth-order valence-corrected chi connectivity index (χ4v) is 1.68. The first-order valence-electron chi connectivity index (χ1n) is 3.62. The van der Waals surface area contributed by atoms with Crippen LogP contribution in [0.5, 0.6) is 0 Å². The molecule has 0 fully saturated rings. The summed E-state index contributed by atoms with van der Waals surface area (Å²) in [5.74, 6) is 0. The molecular weight excluding hydrogens is 156 g/mol. The zero-order valence-electron chi connectivity index (χ0n) is 7.30. The summed E-state index contributed by atoms with van der Waals surface area (Å²) in [7, 11) is -1.89. The normalized spacial score (nSPS) is 11.1. The summed E-state index contributed by atoms with van der Waals surface area (Å²) >= 11 is 0.